The quantitative estimate of drug-likeness (QED) is 0.571. The summed E-state index contributed by atoms with van der Waals surface area (Å²) in [5, 5.41) is 0. The topological polar surface area (TPSA) is 71.1 Å². The van der Waals surface area contributed by atoms with Crippen molar-refractivity contribution < 1.29 is 28.5 Å². The molecule has 1 aliphatic heterocycles. The maximum atomic E-state index is 11.4. The Morgan fingerprint density at radius 2 is 1.81 bits per heavy atom. The highest BCUT2D eigenvalue weighted by Gasteiger charge is 2.49. The van der Waals surface area contributed by atoms with E-state index >= 15 is 0 Å². The van der Waals surface area contributed by atoms with Crippen LogP contribution in [0.2, 0.25) is 0 Å². The second kappa shape index (κ2) is 6.15. The Bertz CT molecular complexity index is 441. The summed E-state index contributed by atoms with van der Waals surface area (Å²) < 4.78 is 22.4. The predicted octanol–water partition coefficient (Wildman–Crippen LogP) is 1.72. The molecule has 2 aliphatic rings. The summed E-state index contributed by atoms with van der Waals surface area (Å²) >= 11 is 0. The highest BCUT2D eigenvalue weighted by Crippen LogP contribution is 2.35. The third-order valence-electron chi connectivity index (χ3n) is 3.42. The van der Waals surface area contributed by atoms with Crippen LogP contribution in [0.1, 0.15) is 40.5 Å². The average Bonchev–Trinajstić information content (AvgIpc) is 2.63. The molecule has 21 heavy (non-hydrogen) atoms. The van der Waals surface area contributed by atoms with Gasteiger partial charge in [-0.2, -0.15) is 0 Å². The molecule has 0 saturated carbocycles. The van der Waals surface area contributed by atoms with Crippen LogP contribution in [0.5, 0.6) is 0 Å². The predicted molar refractivity (Wildman–Crippen MR) is 73.3 cm³/mol. The molecule has 1 aliphatic carbocycles. The number of rotatable bonds is 2. The van der Waals surface area contributed by atoms with E-state index in [1.807, 2.05) is 12.2 Å². The minimum Gasteiger partial charge on any atom is -0.458 e. The number of carbonyl (C=O) groups is 2. The van der Waals surface area contributed by atoms with Gasteiger partial charge in [0.25, 0.3) is 0 Å². The molecule has 1 saturated heterocycles. The third kappa shape index (κ3) is 4.04. The Labute approximate surface area is 124 Å². The lowest BCUT2D eigenvalue weighted by Crippen LogP contribution is -2.47. The zero-order valence-corrected chi connectivity index (χ0v) is 12.8. The van der Waals surface area contributed by atoms with Crippen LogP contribution in [-0.4, -0.2) is 42.1 Å². The van der Waals surface area contributed by atoms with Gasteiger partial charge in [-0.25, -0.2) is 0 Å². The molecule has 1 fully saturated rings. The summed E-state index contributed by atoms with van der Waals surface area (Å²) in [5.74, 6) is -1.62. The molecule has 4 atom stereocenters. The van der Waals surface area contributed by atoms with Crippen molar-refractivity contribution in [3.8, 4) is 0 Å². The highest BCUT2D eigenvalue weighted by atomic mass is 16.8. The van der Waals surface area contributed by atoms with E-state index in [0.29, 0.717) is 12.8 Å². The van der Waals surface area contributed by atoms with Crippen LogP contribution in [-0.2, 0) is 28.5 Å². The van der Waals surface area contributed by atoms with Gasteiger partial charge in [0.2, 0.25) is 0 Å². The van der Waals surface area contributed by atoms with Crippen LogP contribution in [0, 0.1) is 0 Å². The van der Waals surface area contributed by atoms with Crippen molar-refractivity contribution in [3.63, 3.8) is 0 Å². The fraction of sp³-hybridized carbons (Fsp3) is 0.733. The van der Waals surface area contributed by atoms with Crippen molar-refractivity contribution >= 4 is 11.9 Å². The van der Waals surface area contributed by atoms with Gasteiger partial charge in [0.1, 0.15) is 18.3 Å². The fourth-order valence-electron chi connectivity index (χ4n) is 2.76. The van der Waals surface area contributed by atoms with Gasteiger partial charge in [0, 0.05) is 13.8 Å². The fourth-order valence-corrected chi connectivity index (χ4v) is 2.76. The van der Waals surface area contributed by atoms with Crippen LogP contribution >= 0.6 is 0 Å². The molecule has 0 spiro atoms. The number of allylic oxidation sites excluding steroid dienone is 1. The Hall–Kier alpha value is -1.40. The van der Waals surface area contributed by atoms with Crippen LogP contribution in [0.4, 0.5) is 0 Å². The Balaban J connectivity index is 2.28. The number of hydrogen-bond acceptors (Lipinski definition) is 6. The minimum absolute atomic E-state index is 0.331. The van der Waals surface area contributed by atoms with Gasteiger partial charge in [-0.3, -0.25) is 9.59 Å². The van der Waals surface area contributed by atoms with Gasteiger partial charge in [-0.05, 0) is 26.7 Å². The van der Waals surface area contributed by atoms with Gasteiger partial charge in [0.15, 0.2) is 11.9 Å². The summed E-state index contributed by atoms with van der Waals surface area (Å²) in [6, 6.07) is 0. The smallest absolute Gasteiger partial charge is 0.303 e. The molecule has 0 radical (unpaired) electrons. The third-order valence-corrected chi connectivity index (χ3v) is 3.42. The minimum atomic E-state index is -0.775. The zero-order valence-electron chi connectivity index (χ0n) is 12.8. The number of fused-ring (bicyclic) bond motifs is 1. The Morgan fingerprint density at radius 3 is 2.43 bits per heavy atom. The van der Waals surface area contributed by atoms with Gasteiger partial charge < -0.3 is 18.9 Å². The van der Waals surface area contributed by atoms with Crippen LogP contribution < -0.4 is 0 Å². The SMILES string of the molecule is CC(=O)OC1CC/C=C\[C@@H]2OC(C)(C)O[C@@H]2[C@H]1OC(C)=O. The first-order valence-electron chi connectivity index (χ1n) is 7.15. The van der Waals surface area contributed by atoms with Crippen molar-refractivity contribution in [3.05, 3.63) is 12.2 Å². The standard InChI is InChI=1S/C15H22O6/c1-9(16)18-11-7-5-6-8-12-14(13(11)19-10(2)17)21-15(3,4)20-12/h6,8,11-14H,5,7H2,1-4H3/b8-6-/t11?,12-,13-,14-/m0/s1. The van der Waals surface area contributed by atoms with Crippen molar-refractivity contribution in [1.29, 1.82) is 0 Å². The molecule has 0 aromatic carbocycles. The summed E-state index contributed by atoms with van der Waals surface area (Å²) in [6.07, 6.45) is 3.13. The first-order chi connectivity index (χ1) is 9.78. The van der Waals surface area contributed by atoms with E-state index in [1.54, 1.807) is 13.8 Å². The molecule has 0 N–H and O–H groups in total. The molecule has 0 aromatic heterocycles. The number of hydrogen-bond donors (Lipinski definition) is 0. The maximum Gasteiger partial charge on any atom is 0.303 e. The molecular weight excluding hydrogens is 276 g/mol. The van der Waals surface area contributed by atoms with Crippen molar-refractivity contribution in [2.24, 2.45) is 0 Å². The van der Waals surface area contributed by atoms with E-state index in [1.165, 1.54) is 13.8 Å². The number of esters is 2. The molecule has 0 aromatic rings. The molecule has 1 unspecified atom stereocenters. The van der Waals surface area contributed by atoms with Crippen molar-refractivity contribution in [2.75, 3.05) is 0 Å². The van der Waals surface area contributed by atoms with Crippen molar-refractivity contribution in [2.45, 2.75) is 70.7 Å². The molecule has 118 valence electrons. The van der Waals surface area contributed by atoms with E-state index in [-0.39, 0.29) is 6.10 Å². The maximum absolute atomic E-state index is 11.4. The summed E-state index contributed by atoms with van der Waals surface area (Å²) in [7, 11) is 0. The lowest BCUT2D eigenvalue weighted by Gasteiger charge is -2.32. The number of carbonyl (C=O) groups excluding carboxylic acids is 2. The number of ether oxygens (including phenoxy) is 4. The summed E-state index contributed by atoms with van der Waals surface area (Å²) in [5.41, 5.74) is 0. The van der Waals surface area contributed by atoms with Crippen LogP contribution in [0.3, 0.4) is 0 Å². The van der Waals surface area contributed by atoms with Gasteiger partial charge in [-0.1, -0.05) is 12.2 Å². The molecule has 6 nitrogen and oxygen atoms in total. The lowest BCUT2D eigenvalue weighted by molar-refractivity contribution is -0.188. The Kier molecular flexibility index (Phi) is 4.68. The van der Waals surface area contributed by atoms with Gasteiger partial charge in [0.05, 0.1) is 0 Å². The van der Waals surface area contributed by atoms with Crippen LogP contribution in [0.25, 0.3) is 0 Å². The van der Waals surface area contributed by atoms with E-state index in [9.17, 15) is 9.59 Å². The first-order valence-corrected chi connectivity index (χ1v) is 7.15. The first kappa shape index (κ1) is 16.0. The molecule has 2 rings (SSSR count). The van der Waals surface area contributed by atoms with Gasteiger partial charge in [-0.15, -0.1) is 0 Å². The summed E-state index contributed by atoms with van der Waals surface area (Å²) in [4.78, 5) is 22.7. The summed E-state index contributed by atoms with van der Waals surface area (Å²) in [6.45, 7) is 6.27. The van der Waals surface area contributed by atoms with Gasteiger partial charge >= 0.3 is 11.9 Å². The largest absolute Gasteiger partial charge is 0.458 e. The normalized spacial score (nSPS) is 36.0. The lowest BCUT2D eigenvalue weighted by atomic mass is 9.95. The molecule has 0 amide bonds. The van der Waals surface area contributed by atoms with Crippen LogP contribution in [0.15, 0.2) is 12.2 Å². The molecular formula is C15H22O6. The molecule has 6 heteroatoms. The molecule has 1 heterocycles. The zero-order chi connectivity index (χ0) is 15.6. The van der Waals surface area contributed by atoms with Crippen molar-refractivity contribution in [1.82, 2.24) is 0 Å². The van der Waals surface area contributed by atoms with E-state index < -0.39 is 36.0 Å². The average molecular weight is 298 g/mol. The monoisotopic (exact) mass is 298 g/mol. The van der Waals surface area contributed by atoms with E-state index in [2.05, 4.69) is 0 Å². The van der Waals surface area contributed by atoms with E-state index in [4.69, 9.17) is 18.9 Å². The second-order valence-corrected chi connectivity index (χ2v) is 5.79. The van der Waals surface area contributed by atoms with E-state index in [0.717, 1.165) is 0 Å². The highest BCUT2D eigenvalue weighted by molar-refractivity contribution is 5.67. The Morgan fingerprint density at radius 1 is 1.14 bits per heavy atom. The molecule has 0 bridgehead atoms. The second-order valence-electron chi connectivity index (χ2n) is 5.79.